The molecule has 0 saturated heterocycles. The Morgan fingerprint density at radius 3 is 2.67 bits per heavy atom. The van der Waals surface area contributed by atoms with Crippen LogP contribution < -0.4 is 0 Å². The van der Waals surface area contributed by atoms with E-state index in [1.54, 1.807) is 0 Å². The first-order valence-electron chi connectivity index (χ1n) is 7.99. The molecule has 2 atom stereocenters. The molecule has 0 fully saturated rings. The van der Waals surface area contributed by atoms with E-state index in [4.69, 9.17) is 11.6 Å². The van der Waals surface area contributed by atoms with Gasteiger partial charge in [0.1, 0.15) is 36.2 Å². The number of nitrogens with zero attached hydrogens (tertiary/aromatic N) is 5. The number of hydrogen-bond donors (Lipinski definition) is 1. The van der Waals surface area contributed by atoms with E-state index in [0.29, 0.717) is 6.07 Å². The van der Waals surface area contributed by atoms with Gasteiger partial charge in [0.05, 0.1) is 5.69 Å². The average Bonchev–Trinajstić information content (AvgIpc) is 3.15. The van der Waals surface area contributed by atoms with Crippen molar-refractivity contribution in [1.82, 2.24) is 24.7 Å². The summed E-state index contributed by atoms with van der Waals surface area (Å²) in [5.74, 6) is -3.68. The molecular formula is C17H15ClF3N5O. The van der Waals surface area contributed by atoms with Crippen LogP contribution >= 0.6 is 11.6 Å². The van der Waals surface area contributed by atoms with Crippen LogP contribution in [-0.2, 0) is 12.1 Å². The Labute approximate surface area is 157 Å². The second-order valence-corrected chi connectivity index (χ2v) is 6.40. The van der Waals surface area contributed by atoms with E-state index in [-0.39, 0.29) is 24.2 Å². The topological polar surface area (TPSA) is 76.7 Å². The maximum absolute atomic E-state index is 14.5. The van der Waals surface area contributed by atoms with Gasteiger partial charge in [0.2, 0.25) is 0 Å². The first-order chi connectivity index (χ1) is 12.8. The summed E-state index contributed by atoms with van der Waals surface area (Å²) in [6, 6.07) is 2.81. The van der Waals surface area contributed by atoms with Crippen molar-refractivity contribution in [3.63, 3.8) is 0 Å². The van der Waals surface area contributed by atoms with Gasteiger partial charge in [-0.15, -0.1) is 0 Å². The number of rotatable bonds is 6. The Morgan fingerprint density at radius 2 is 2.00 bits per heavy atom. The molecule has 142 valence electrons. The smallest absolute Gasteiger partial charge is 0.182 e. The van der Waals surface area contributed by atoms with E-state index in [1.807, 2.05) is 0 Å². The van der Waals surface area contributed by atoms with Gasteiger partial charge in [-0.05, 0) is 6.07 Å². The zero-order valence-corrected chi connectivity index (χ0v) is 14.9. The maximum Gasteiger partial charge on any atom is 0.182 e. The van der Waals surface area contributed by atoms with Crippen molar-refractivity contribution >= 4 is 11.6 Å². The van der Waals surface area contributed by atoms with Crippen LogP contribution in [0.1, 0.15) is 30.5 Å². The lowest BCUT2D eigenvalue weighted by Gasteiger charge is -2.35. The largest absolute Gasteiger partial charge is 0.384 e. The third-order valence-corrected chi connectivity index (χ3v) is 4.75. The third kappa shape index (κ3) is 3.79. The van der Waals surface area contributed by atoms with Crippen molar-refractivity contribution < 1.29 is 18.3 Å². The molecule has 0 spiro atoms. The standard InChI is InChI=1S/C17H15ClF3N5O/c1-10(15-14(21)16(18)24-8-23-15)17(27,4-5-26-9-22-7-25-26)12-3-2-11(19)6-13(12)20/h2-3,6-10,27H,4-5H2,1H3/t10?,17-/m0/s1. The lowest BCUT2D eigenvalue weighted by Crippen LogP contribution is -2.35. The highest BCUT2D eigenvalue weighted by Gasteiger charge is 2.41. The van der Waals surface area contributed by atoms with Crippen molar-refractivity contribution in [3.05, 3.63) is 71.0 Å². The molecule has 3 rings (SSSR count). The quantitative estimate of drug-likeness (QED) is 0.646. The molecule has 0 aliphatic heterocycles. The van der Waals surface area contributed by atoms with Crippen molar-refractivity contribution in [3.8, 4) is 0 Å². The van der Waals surface area contributed by atoms with E-state index >= 15 is 0 Å². The molecule has 0 aliphatic carbocycles. The van der Waals surface area contributed by atoms with Gasteiger partial charge in [-0.1, -0.05) is 24.6 Å². The normalized spacial score (nSPS) is 14.7. The minimum Gasteiger partial charge on any atom is -0.384 e. The Kier molecular flexibility index (Phi) is 5.43. The maximum atomic E-state index is 14.5. The Hall–Kier alpha value is -2.52. The van der Waals surface area contributed by atoms with Gasteiger partial charge < -0.3 is 5.11 Å². The fourth-order valence-electron chi connectivity index (χ4n) is 2.95. The van der Waals surface area contributed by atoms with E-state index < -0.39 is 34.1 Å². The molecule has 6 nitrogen and oxygen atoms in total. The van der Waals surface area contributed by atoms with Gasteiger partial charge in [-0.3, -0.25) is 4.68 Å². The molecule has 0 aliphatic rings. The van der Waals surface area contributed by atoms with Gasteiger partial charge in [0.25, 0.3) is 0 Å². The van der Waals surface area contributed by atoms with Gasteiger partial charge >= 0.3 is 0 Å². The fourth-order valence-corrected chi connectivity index (χ4v) is 3.09. The molecule has 27 heavy (non-hydrogen) atoms. The van der Waals surface area contributed by atoms with Crippen LogP contribution in [0.2, 0.25) is 5.15 Å². The first-order valence-corrected chi connectivity index (χ1v) is 8.37. The van der Waals surface area contributed by atoms with Gasteiger partial charge in [-0.25, -0.2) is 28.1 Å². The predicted octanol–water partition coefficient (Wildman–Crippen LogP) is 3.22. The number of halogens is 4. The molecule has 3 aromatic rings. The van der Waals surface area contributed by atoms with Crippen LogP contribution in [0.4, 0.5) is 13.2 Å². The molecule has 0 saturated carbocycles. The number of benzene rings is 1. The number of aryl methyl sites for hydroxylation is 1. The molecule has 2 aromatic heterocycles. The number of aromatic nitrogens is 5. The highest BCUT2D eigenvalue weighted by molar-refractivity contribution is 6.29. The molecule has 1 aromatic carbocycles. The summed E-state index contributed by atoms with van der Waals surface area (Å²) in [6.45, 7) is 1.63. The number of hydrogen-bond acceptors (Lipinski definition) is 5. The zero-order valence-electron chi connectivity index (χ0n) is 14.2. The third-order valence-electron chi connectivity index (χ3n) is 4.49. The van der Waals surface area contributed by atoms with Crippen LogP contribution in [0.5, 0.6) is 0 Å². The van der Waals surface area contributed by atoms with Crippen LogP contribution in [0.3, 0.4) is 0 Å². The molecule has 0 radical (unpaired) electrons. The van der Waals surface area contributed by atoms with Crippen LogP contribution in [0.15, 0.2) is 37.2 Å². The average molecular weight is 398 g/mol. The Balaban J connectivity index is 2.06. The monoisotopic (exact) mass is 397 g/mol. The van der Waals surface area contributed by atoms with Gasteiger partial charge in [-0.2, -0.15) is 5.10 Å². The highest BCUT2D eigenvalue weighted by atomic mass is 35.5. The molecule has 2 heterocycles. The Bertz CT molecular complexity index is 940. The van der Waals surface area contributed by atoms with Gasteiger partial charge in [0, 0.05) is 30.5 Å². The summed E-state index contributed by atoms with van der Waals surface area (Å²) in [4.78, 5) is 11.2. The summed E-state index contributed by atoms with van der Waals surface area (Å²) in [7, 11) is 0. The molecular weight excluding hydrogens is 383 g/mol. The minimum absolute atomic E-state index is 0.0683. The molecule has 0 bridgehead atoms. The van der Waals surface area contributed by atoms with Gasteiger partial charge in [0.15, 0.2) is 11.0 Å². The molecule has 10 heteroatoms. The predicted molar refractivity (Wildman–Crippen MR) is 90.3 cm³/mol. The summed E-state index contributed by atoms with van der Waals surface area (Å²) < 4.78 is 43.7. The van der Waals surface area contributed by atoms with Crippen molar-refractivity contribution in [2.45, 2.75) is 31.4 Å². The molecule has 1 unspecified atom stereocenters. The number of aliphatic hydroxyl groups is 1. The second kappa shape index (κ2) is 7.61. The fraction of sp³-hybridized carbons (Fsp3) is 0.294. The summed E-state index contributed by atoms with van der Waals surface area (Å²) in [6.07, 6.45) is 3.72. The SMILES string of the molecule is CC(c1ncnc(Cl)c1F)[C@@](O)(CCn1cncn1)c1ccc(F)cc1F. The van der Waals surface area contributed by atoms with Crippen molar-refractivity contribution in [2.75, 3.05) is 0 Å². The Morgan fingerprint density at radius 1 is 1.22 bits per heavy atom. The van der Waals surface area contributed by atoms with E-state index in [9.17, 15) is 18.3 Å². The lowest BCUT2D eigenvalue weighted by atomic mass is 9.77. The minimum atomic E-state index is -1.93. The summed E-state index contributed by atoms with van der Waals surface area (Å²) >= 11 is 5.71. The second-order valence-electron chi connectivity index (χ2n) is 6.04. The van der Waals surface area contributed by atoms with Crippen LogP contribution in [-0.4, -0.2) is 29.8 Å². The highest BCUT2D eigenvalue weighted by Crippen LogP contribution is 2.41. The molecule has 0 amide bonds. The van der Waals surface area contributed by atoms with E-state index in [0.717, 1.165) is 18.5 Å². The molecule has 1 N–H and O–H groups in total. The summed E-state index contributed by atoms with van der Waals surface area (Å²) in [5.41, 5.74) is -2.30. The lowest BCUT2D eigenvalue weighted by molar-refractivity contribution is -0.00660. The van der Waals surface area contributed by atoms with Crippen molar-refractivity contribution in [2.24, 2.45) is 0 Å². The van der Waals surface area contributed by atoms with E-state index in [1.165, 1.54) is 24.3 Å². The van der Waals surface area contributed by atoms with Crippen LogP contribution in [0.25, 0.3) is 0 Å². The zero-order chi connectivity index (χ0) is 19.6. The first kappa shape index (κ1) is 19.2. The van der Waals surface area contributed by atoms with Crippen molar-refractivity contribution in [1.29, 1.82) is 0 Å². The van der Waals surface area contributed by atoms with Crippen LogP contribution in [0, 0.1) is 17.5 Å². The summed E-state index contributed by atoms with van der Waals surface area (Å²) in [5, 5.41) is 14.9. The van der Waals surface area contributed by atoms with E-state index in [2.05, 4.69) is 20.1 Å².